The van der Waals surface area contributed by atoms with Crippen LogP contribution in [-0.4, -0.2) is 54.3 Å². The zero-order chi connectivity index (χ0) is 31.7. The Morgan fingerprint density at radius 3 is 2.07 bits per heavy atom. The number of carbonyl (C=O) groups excluding carboxylic acids is 2. The number of hydrogen-bond acceptors (Lipinski definition) is 9. The molecule has 3 unspecified atom stereocenters. The Labute approximate surface area is 264 Å². The van der Waals surface area contributed by atoms with E-state index in [-0.39, 0.29) is 17.7 Å². The summed E-state index contributed by atoms with van der Waals surface area (Å²) in [5, 5.41) is 6.13. The van der Waals surface area contributed by atoms with E-state index >= 15 is 0 Å². The molecule has 2 heterocycles. The molecule has 0 saturated carbocycles. The fraction of sp³-hybridized carbons (Fsp3) is 0.548. The first kappa shape index (κ1) is 34.7. The van der Waals surface area contributed by atoms with Gasteiger partial charge < -0.3 is 24.5 Å². The largest absolute Gasteiger partial charge is 0.444 e. The molecule has 9 nitrogen and oxygen atoms in total. The van der Waals surface area contributed by atoms with E-state index in [1.807, 2.05) is 57.3 Å². The second-order valence-corrected chi connectivity index (χ2v) is 19.8. The van der Waals surface area contributed by atoms with Gasteiger partial charge in [-0.25, -0.2) is 9.59 Å². The maximum absolute atomic E-state index is 13.2. The maximum Gasteiger partial charge on any atom is 0.407 e. The molecule has 0 fully saturated rings. The standard InChI is InChI=1S/C31H46N4O5S2Si/c1-30(2,3)39-29(37)35-26(14-22-12-10-9-11-13-22)27(40-43(7,8)31(4,5)6)16-23(15-24-17-32-20-41-24)34-28(36)38-19-25-18-33-21-42-25/h9-13,17-18,20-21,23,26-27H,14-16,19H2,1-8H3,(H,34,36)(H,35,37). The number of hydrogen-bond donors (Lipinski definition) is 2. The molecule has 12 heteroatoms. The number of thiazole rings is 2. The molecule has 0 spiro atoms. The van der Waals surface area contributed by atoms with Gasteiger partial charge in [-0.05, 0) is 57.3 Å². The third-order valence-electron chi connectivity index (χ3n) is 7.30. The quantitative estimate of drug-likeness (QED) is 0.187. The molecule has 3 aromatic rings. The van der Waals surface area contributed by atoms with E-state index in [4.69, 9.17) is 13.9 Å². The van der Waals surface area contributed by atoms with Crippen LogP contribution in [0.25, 0.3) is 0 Å². The van der Waals surface area contributed by atoms with Gasteiger partial charge in [-0.2, -0.15) is 0 Å². The number of carbonyl (C=O) groups is 2. The van der Waals surface area contributed by atoms with Crippen LogP contribution in [-0.2, 0) is 33.3 Å². The van der Waals surface area contributed by atoms with Gasteiger partial charge in [0.2, 0.25) is 0 Å². The highest BCUT2D eigenvalue weighted by Crippen LogP contribution is 2.38. The second kappa shape index (κ2) is 15.3. The van der Waals surface area contributed by atoms with Crippen LogP contribution < -0.4 is 10.6 Å². The summed E-state index contributed by atoms with van der Waals surface area (Å²) >= 11 is 2.96. The number of aromatic nitrogens is 2. The lowest BCUT2D eigenvalue weighted by molar-refractivity contribution is 0.0413. The van der Waals surface area contributed by atoms with Gasteiger partial charge >= 0.3 is 12.2 Å². The van der Waals surface area contributed by atoms with Crippen molar-refractivity contribution in [2.75, 3.05) is 0 Å². The minimum atomic E-state index is -2.33. The number of rotatable bonds is 13. The van der Waals surface area contributed by atoms with E-state index in [0.717, 1.165) is 15.3 Å². The van der Waals surface area contributed by atoms with Crippen LogP contribution in [0.1, 0.15) is 63.3 Å². The lowest BCUT2D eigenvalue weighted by Crippen LogP contribution is -2.55. The van der Waals surface area contributed by atoms with Gasteiger partial charge in [0.15, 0.2) is 8.32 Å². The summed E-state index contributed by atoms with van der Waals surface area (Å²) in [5.41, 5.74) is 3.88. The summed E-state index contributed by atoms with van der Waals surface area (Å²) in [6.07, 6.45) is 3.55. The van der Waals surface area contributed by atoms with Crippen molar-refractivity contribution in [1.82, 2.24) is 20.6 Å². The van der Waals surface area contributed by atoms with Crippen molar-refractivity contribution in [2.24, 2.45) is 0 Å². The van der Waals surface area contributed by atoms with Crippen molar-refractivity contribution in [1.29, 1.82) is 0 Å². The maximum atomic E-state index is 13.2. The van der Waals surface area contributed by atoms with Crippen molar-refractivity contribution < 1.29 is 23.5 Å². The molecule has 1 aromatic carbocycles. The van der Waals surface area contributed by atoms with Gasteiger partial charge in [0.25, 0.3) is 0 Å². The monoisotopic (exact) mass is 646 g/mol. The molecular formula is C31H46N4O5S2Si. The van der Waals surface area contributed by atoms with Gasteiger partial charge in [0.05, 0.1) is 28.0 Å². The smallest absolute Gasteiger partial charge is 0.407 e. The lowest BCUT2D eigenvalue weighted by atomic mass is 9.95. The molecule has 43 heavy (non-hydrogen) atoms. The summed E-state index contributed by atoms with van der Waals surface area (Å²) in [4.78, 5) is 36.3. The Morgan fingerprint density at radius 2 is 1.51 bits per heavy atom. The molecule has 2 aromatic heterocycles. The van der Waals surface area contributed by atoms with Crippen LogP contribution >= 0.6 is 22.7 Å². The topological polar surface area (TPSA) is 112 Å². The number of nitrogens with zero attached hydrogens (tertiary/aromatic N) is 2. The minimum Gasteiger partial charge on any atom is -0.444 e. The van der Waals surface area contributed by atoms with Crippen LogP contribution in [0.4, 0.5) is 9.59 Å². The number of ether oxygens (including phenoxy) is 2. The van der Waals surface area contributed by atoms with E-state index in [0.29, 0.717) is 19.3 Å². The first-order chi connectivity index (χ1) is 20.1. The number of amides is 2. The Balaban J connectivity index is 1.93. The van der Waals surface area contributed by atoms with E-state index in [9.17, 15) is 9.59 Å². The molecule has 0 bridgehead atoms. The Hall–Kier alpha value is -2.80. The number of alkyl carbamates (subject to hydrolysis) is 2. The van der Waals surface area contributed by atoms with Gasteiger partial charge in [-0.15, -0.1) is 22.7 Å². The summed E-state index contributed by atoms with van der Waals surface area (Å²) in [6.45, 7) is 16.6. The third kappa shape index (κ3) is 12.0. The highest BCUT2D eigenvalue weighted by atomic mass is 32.1. The highest BCUT2D eigenvalue weighted by Gasteiger charge is 2.42. The summed E-state index contributed by atoms with van der Waals surface area (Å²) in [6, 6.07) is 9.24. The zero-order valence-corrected chi connectivity index (χ0v) is 29.1. The fourth-order valence-electron chi connectivity index (χ4n) is 4.17. The average Bonchev–Trinajstić information content (AvgIpc) is 3.60. The van der Waals surface area contributed by atoms with Gasteiger partial charge in [-0.3, -0.25) is 9.97 Å². The molecule has 0 aliphatic heterocycles. The number of benzene rings is 1. The molecule has 0 aliphatic carbocycles. The van der Waals surface area contributed by atoms with Gasteiger partial charge in [0, 0.05) is 29.7 Å². The van der Waals surface area contributed by atoms with E-state index < -0.39 is 38.3 Å². The van der Waals surface area contributed by atoms with Crippen molar-refractivity contribution in [3.63, 3.8) is 0 Å². The van der Waals surface area contributed by atoms with Crippen LogP contribution in [0.2, 0.25) is 18.1 Å². The molecule has 3 rings (SSSR count). The SMILES string of the molecule is CC(C)(C)OC(=O)NC(Cc1ccccc1)C(CC(Cc1cncs1)NC(=O)OCc1cncs1)O[Si](C)(C)C(C)(C)C. The summed E-state index contributed by atoms with van der Waals surface area (Å²) < 4.78 is 18.3. The molecule has 2 N–H and O–H groups in total. The molecule has 0 saturated heterocycles. The van der Waals surface area contributed by atoms with E-state index in [2.05, 4.69) is 54.5 Å². The van der Waals surface area contributed by atoms with Gasteiger partial charge in [-0.1, -0.05) is 51.1 Å². The summed E-state index contributed by atoms with van der Waals surface area (Å²) in [7, 11) is -2.33. The Morgan fingerprint density at radius 1 is 0.884 bits per heavy atom. The van der Waals surface area contributed by atoms with Crippen LogP contribution in [0, 0.1) is 0 Å². The molecular weight excluding hydrogens is 601 g/mol. The van der Waals surface area contributed by atoms with E-state index in [1.54, 1.807) is 17.2 Å². The van der Waals surface area contributed by atoms with Crippen molar-refractivity contribution >= 4 is 43.2 Å². The average molecular weight is 647 g/mol. The molecule has 236 valence electrons. The van der Waals surface area contributed by atoms with Crippen LogP contribution in [0.5, 0.6) is 0 Å². The lowest BCUT2D eigenvalue weighted by Gasteiger charge is -2.42. The first-order valence-corrected chi connectivity index (χ1v) is 19.2. The Kier molecular flexibility index (Phi) is 12.3. The third-order valence-corrected chi connectivity index (χ3v) is 13.4. The normalized spacial score (nSPS) is 14.4. The summed E-state index contributed by atoms with van der Waals surface area (Å²) in [5.74, 6) is 0. The van der Waals surface area contributed by atoms with Crippen LogP contribution in [0.3, 0.4) is 0 Å². The van der Waals surface area contributed by atoms with E-state index in [1.165, 1.54) is 22.7 Å². The second-order valence-electron chi connectivity index (χ2n) is 13.2. The fourth-order valence-corrected chi connectivity index (χ4v) is 6.72. The minimum absolute atomic E-state index is 0.0806. The zero-order valence-electron chi connectivity index (χ0n) is 26.5. The highest BCUT2D eigenvalue weighted by molar-refractivity contribution is 7.09. The Bertz CT molecular complexity index is 1260. The predicted molar refractivity (Wildman–Crippen MR) is 175 cm³/mol. The van der Waals surface area contributed by atoms with Crippen LogP contribution in [0.15, 0.2) is 53.7 Å². The molecule has 2 amide bonds. The van der Waals surface area contributed by atoms with Crippen molar-refractivity contribution in [3.8, 4) is 0 Å². The van der Waals surface area contributed by atoms with Crippen molar-refractivity contribution in [3.05, 3.63) is 69.1 Å². The molecule has 3 atom stereocenters. The first-order valence-electron chi connectivity index (χ1n) is 14.5. The van der Waals surface area contributed by atoms with Gasteiger partial charge in [0.1, 0.15) is 12.2 Å². The number of nitrogens with one attached hydrogen (secondary N) is 2. The molecule has 0 aliphatic rings. The predicted octanol–water partition coefficient (Wildman–Crippen LogP) is 7.35. The molecule has 0 radical (unpaired) electrons. The van der Waals surface area contributed by atoms with Crippen molar-refractivity contribution in [2.45, 2.75) is 109 Å².